The molecule has 1 nitrogen and oxygen atoms in total. The maximum Gasteiger partial charge on any atom is 0.0414 e. The van der Waals surface area contributed by atoms with Crippen LogP contribution in [-0.4, -0.2) is 7.05 Å². The molecule has 0 aromatic heterocycles. The maximum absolute atomic E-state index is 2.30. The second-order valence-corrected chi connectivity index (χ2v) is 7.55. The van der Waals surface area contributed by atoms with E-state index in [1.165, 1.54) is 44.4 Å². The van der Waals surface area contributed by atoms with E-state index in [4.69, 9.17) is 0 Å². The van der Waals surface area contributed by atoms with E-state index < -0.39 is 0 Å². The summed E-state index contributed by atoms with van der Waals surface area (Å²) in [6.45, 7) is 0. The van der Waals surface area contributed by atoms with Crippen molar-refractivity contribution in [2.45, 2.75) is 0 Å². The summed E-state index contributed by atoms with van der Waals surface area (Å²) in [7, 11) is 2.14. The molecule has 0 bridgehead atoms. The fourth-order valence-corrected chi connectivity index (χ4v) is 4.01. The van der Waals surface area contributed by atoms with Gasteiger partial charge in [-0.1, -0.05) is 97.1 Å². The minimum Gasteiger partial charge on any atom is -0.345 e. The Morgan fingerprint density at radius 2 is 1.10 bits per heavy atom. The fourth-order valence-electron chi connectivity index (χ4n) is 4.01. The molecule has 5 aromatic rings. The van der Waals surface area contributed by atoms with Crippen LogP contribution in [0.15, 0.2) is 121 Å². The van der Waals surface area contributed by atoms with Crippen LogP contribution >= 0.6 is 0 Å². The zero-order valence-corrected chi connectivity index (χ0v) is 17.0. The molecule has 0 fully saturated rings. The predicted molar refractivity (Wildman–Crippen MR) is 129 cm³/mol. The summed E-state index contributed by atoms with van der Waals surface area (Å²) in [4.78, 5) is 2.26. The first-order chi connectivity index (χ1) is 14.8. The van der Waals surface area contributed by atoms with Crippen molar-refractivity contribution < 1.29 is 0 Å². The summed E-state index contributed by atoms with van der Waals surface area (Å²) in [6.07, 6.45) is 0. The van der Waals surface area contributed by atoms with E-state index in [0.29, 0.717) is 0 Å². The molecule has 0 amide bonds. The standard InChI is InChI=1S/C29H23N/c1-30(26-16-8-15-25(20-26)22-10-4-2-5-11-22)27-19-18-24-14-9-17-28(29(24)21-27)23-12-6-3-7-13-23/h2-21H,1H3. The lowest BCUT2D eigenvalue weighted by atomic mass is 9.97. The van der Waals surface area contributed by atoms with Crippen LogP contribution in [-0.2, 0) is 0 Å². The Balaban J connectivity index is 1.57. The molecule has 30 heavy (non-hydrogen) atoms. The van der Waals surface area contributed by atoms with E-state index in [1.54, 1.807) is 0 Å². The van der Waals surface area contributed by atoms with Crippen molar-refractivity contribution in [3.63, 3.8) is 0 Å². The van der Waals surface area contributed by atoms with E-state index in [2.05, 4.69) is 133 Å². The van der Waals surface area contributed by atoms with Crippen molar-refractivity contribution in [2.24, 2.45) is 0 Å². The van der Waals surface area contributed by atoms with E-state index in [-0.39, 0.29) is 0 Å². The Morgan fingerprint density at radius 1 is 0.467 bits per heavy atom. The maximum atomic E-state index is 2.30. The number of hydrogen-bond donors (Lipinski definition) is 0. The number of hydrogen-bond acceptors (Lipinski definition) is 1. The zero-order valence-electron chi connectivity index (χ0n) is 17.0. The lowest BCUT2D eigenvalue weighted by Gasteiger charge is -2.21. The molecule has 0 N–H and O–H groups in total. The summed E-state index contributed by atoms with van der Waals surface area (Å²) in [5.41, 5.74) is 7.32. The van der Waals surface area contributed by atoms with Crippen molar-refractivity contribution in [1.29, 1.82) is 0 Å². The Bertz CT molecular complexity index is 1290. The monoisotopic (exact) mass is 385 g/mol. The molecular weight excluding hydrogens is 362 g/mol. The first kappa shape index (κ1) is 18.2. The summed E-state index contributed by atoms with van der Waals surface area (Å²) in [5.74, 6) is 0. The van der Waals surface area contributed by atoms with E-state index in [1.807, 2.05) is 0 Å². The van der Waals surface area contributed by atoms with Gasteiger partial charge in [0, 0.05) is 18.4 Å². The molecule has 5 aromatic carbocycles. The molecule has 0 saturated heterocycles. The second kappa shape index (κ2) is 7.88. The third kappa shape index (κ3) is 3.46. The molecule has 5 rings (SSSR count). The fraction of sp³-hybridized carbons (Fsp3) is 0.0345. The van der Waals surface area contributed by atoms with Crippen LogP contribution in [0.3, 0.4) is 0 Å². The van der Waals surface area contributed by atoms with Crippen LogP contribution in [0.25, 0.3) is 33.0 Å². The van der Waals surface area contributed by atoms with E-state index in [9.17, 15) is 0 Å². The number of nitrogens with zero attached hydrogens (tertiary/aromatic N) is 1. The van der Waals surface area contributed by atoms with Gasteiger partial charge in [0.05, 0.1) is 0 Å². The number of rotatable bonds is 4. The van der Waals surface area contributed by atoms with Gasteiger partial charge in [0.15, 0.2) is 0 Å². The van der Waals surface area contributed by atoms with E-state index >= 15 is 0 Å². The van der Waals surface area contributed by atoms with Crippen molar-refractivity contribution in [3.8, 4) is 22.3 Å². The van der Waals surface area contributed by atoms with Crippen LogP contribution in [0.5, 0.6) is 0 Å². The molecule has 144 valence electrons. The molecule has 0 aliphatic carbocycles. The molecule has 0 unspecified atom stereocenters. The quantitative estimate of drug-likeness (QED) is 0.303. The van der Waals surface area contributed by atoms with Gasteiger partial charge in [-0.3, -0.25) is 0 Å². The lowest BCUT2D eigenvalue weighted by molar-refractivity contribution is 1.21. The van der Waals surface area contributed by atoms with Gasteiger partial charge in [-0.15, -0.1) is 0 Å². The largest absolute Gasteiger partial charge is 0.345 e. The SMILES string of the molecule is CN(c1cccc(-c2ccccc2)c1)c1ccc2cccc(-c3ccccc3)c2c1. The van der Waals surface area contributed by atoms with Crippen molar-refractivity contribution in [1.82, 2.24) is 0 Å². The number of anilines is 2. The Morgan fingerprint density at radius 3 is 1.87 bits per heavy atom. The average molecular weight is 386 g/mol. The van der Waals surface area contributed by atoms with Gasteiger partial charge in [0.1, 0.15) is 0 Å². The average Bonchev–Trinajstić information content (AvgIpc) is 2.84. The minimum atomic E-state index is 1.17. The van der Waals surface area contributed by atoms with Crippen LogP contribution in [0.4, 0.5) is 11.4 Å². The van der Waals surface area contributed by atoms with Crippen LogP contribution in [0.2, 0.25) is 0 Å². The smallest absolute Gasteiger partial charge is 0.0414 e. The summed E-state index contributed by atoms with van der Waals surface area (Å²) in [6, 6.07) is 43.1. The Hall–Kier alpha value is -3.84. The summed E-state index contributed by atoms with van der Waals surface area (Å²) >= 11 is 0. The molecule has 0 atom stereocenters. The van der Waals surface area contributed by atoms with Crippen molar-refractivity contribution in [3.05, 3.63) is 121 Å². The van der Waals surface area contributed by atoms with Gasteiger partial charge in [-0.2, -0.15) is 0 Å². The van der Waals surface area contributed by atoms with E-state index in [0.717, 1.165) is 0 Å². The highest BCUT2D eigenvalue weighted by Gasteiger charge is 2.09. The molecule has 0 radical (unpaired) electrons. The van der Waals surface area contributed by atoms with Gasteiger partial charge in [-0.25, -0.2) is 0 Å². The van der Waals surface area contributed by atoms with Crippen LogP contribution in [0, 0.1) is 0 Å². The van der Waals surface area contributed by atoms with Gasteiger partial charge in [0.2, 0.25) is 0 Å². The molecule has 0 spiro atoms. The van der Waals surface area contributed by atoms with Crippen molar-refractivity contribution >= 4 is 22.1 Å². The van der Waals surface area contributed by atoms with Crippen LogP contribution in [0.1, 0.15) is 0 Å². The van der Waals surface area contributed by atoms with Crippen molar-refractivity contribution in [2.75, 3.05) is 11.9 Å². The van der Waals surface area contributed by atoms with Gasteiger partial charge < -0.3 is 4.90 Å². The second-order valence-electron chi connectivity index (χ2n) is 7.55. The Kier molecular flexibility index (Phi) is 4.78. The first-order valence-corrected chi connectivity index (χ1v) is 10.3. The highest BCUT2D eigenvalue weighted by atomic mass is 15.1. The number of benzene rings is 5. The molecule has 0 saturated carbocycles. The highest BCUT2D eigenvalue weighted by Crippen LogP contribution is 2.34. The lowest BCUT2D eigenvalue weighted by Crippen LogP contribution is -2.09. The normalized spacial score (nSPS) is 10.8. The first-order valence-electron chi connectivity index (χ1n) is 10.3. The molecule has 0 aliphatic rings. The van der Waals surface area contributed by atoms with Crippen LogP contribution < -0.4 is 4.90 Å². The predicted octanol–water partition coefficient (Wildman–Crippen LogP) is 7.94. The highest BCUT2D eigenvalue weighted by molar-refractivity contribution is 5.99. The summed E-state index contributed by atoms with van der Waals surface area (Å²) < 4.78 is 0. The zero-order chi connectivity index (χ0) is 20.3. The molecular formula is C29H23N. The summed E-state index contributed by atoms with van der Waals surface area (Å²) in [5, 5.41) is 2.53. The molecule has 0 heterocycles. The third-order valence-electron chi connectivity index (χ3n) is 5.68. The van der Waals surface area contributed by atoms with Gasteiger partial charge >= 0.3 is 0 Å². The van der Waals surface area contributed by atoms with Gasteiger partial charge in [0.25, 0.3) is 0 Å². The molecule has 0 aliphatic heterocycles. The third-order valence-corrected chi connectivity index (χ3v) is 5.68. The minimum absolute atomic E-state index is 1.17. The Labute approximate surface area is 177 Å². The van der Waals surface area contributed by atoms with Gasteiger partial charge in [-0.05, 0) is 57.3 Å². The topological polar surface area (TPSA) is 3.24 Å². The molecule has 1 heteroatoms. The number of fused-ring (bicyclic) bond motifs is 1.